The van der Waals surface area contributed by atoms with Crippen LogP contribution in [0.1, 0.15) is 12.8 Å². The van der Waals surface area contributed by atoms with Crippen LogP contribution in [0.2, 0.25) is 5.02 Å². The summed E-state index contributed by atoms with van der Waals surface area (Å²) in [5.41, 5.74) is 5.43. The van der Waals surface area contributed by atoms with Crippen molar-refractivity contribution < 1.29 is 13.2 Å². The molecule has 0 aliphatic heterocycles. The summed E-state index contributed by atoms with van der Waals surface area (Å²) in [4.78, 5) is 3.75. The van der Waals surface area contributed by atoms with Crippen molar-refractivity contribution in [1.29, 1.82) is 0 Å². The predicted molar refractivity (Wildman–Crippen MR) is 67.8 cm³/mol. The lowest BCUT2D eigenvalue weighted by Crippen LogP contribution is -2.47. The molecule has 6 nitrogen and oxygen atoms in total. The van der Waals surface area contributed by atoms with Gasteiger partial charge in [0.15, 0.2) is 0 Å². The second-order valence-corrected chi connectivity index (χ2v) is 6.31. The molecule has 0 radical (unpaired) electrons. The van der Waals surface area contributed by atoms with Crippen molar-refractivity contribution in [3.05, 3.63) is 17.3 Å². The fraction of sp³-hybridized carbons (Fsp3) is 0.500. The molecule has 1 fully saturated rings. The van der Waals surface area contributed by atoms with E-state index in [0.717, 1.165) is 0 Å². The first-order valence-electron chi connectivity index (χ1n) is 5.38. The van der Waals surface area contributed by atoms with Crippen LogP contribution in [0.4, 0.5) is 5.82 Å². The van der Waals surface area contributed by atoms with Gasteiger partial charge in [0.1, 0.15) is 10.7 Å². The van der Waals surface area contributed by atoms with Gasteiger partial charge in [-0.1, -0.05) is 11.6 Å². The van der Waals surface area contributed by atoms with Crippen molar-refractivity contribution in [3.8, 4) is 0 Å². The van der Waals surface area contributed by atoms with Crippen LogP contribution >= 0.6 is 11.6 Å². The van der Waals surface area contributed by atoms with Crippen molar-refractivity contribution in [2.75, 3.05) is 12.8 Å². The van der Waals surface area contributed by atoms with Crippen molar-refractivity contribution >= 4 is 27.4 Å². The molecule has 1 saturated carbocycles. The summed E-state index contributed by atoms with van der Waals surface area (Å²) in [6.07, 6.45) is 2.67. The third-order valence-electron chi connectivity index (χ3n) is 2.90. The van der Waals surface area contributed by atoms with Crippen LogP contribution in [0.5, 0.6) is 0 Å². The molecule has 8 heteroatoms. The van der Waals surface area contributed by atoms with Gasteiger partial charge in [0.05, 0.1) is 11.1 Å². The number of anilines is 1. The number of nitrogen functional groups attached to an aromatic ring is 1. The van der Waals surface area contributed by atoms with Crippen molar-refractivity contribution in [2.24, 2.45) is 0 Å². The fourth-order valence-electron chi connectivity index (χ4n) is 1.72. The molecule has 0 atom stereocenters. The summed E-state index contributed by atoms with van der Waals surface area (Å²) in [6, 6.07) is 1.19. The molecule has 1 aromatic heterocycles. The van der Waals surface area contributed by atoms with Crippen LogP contribution in [-0.4, -0.2) is 32.7 Å². The van der Waals surface area contributed by atoms with E-state index < -0.39 is 10.0 Å². The Morgan fingerprint density at radius 1 is 1.56 bits per heavy atom. The second kappa shape index (κ2) is 5.00. The minimum atomic E-state index is -3.60. The van der Waals surface area contributed by atoms with Gasteiger partial charge in [0.25, 0.3) is 0 Å². The van der Waals surface area contributed by atoms with E-state index in [-0.39, 0.29) is 27.9 Å². The minimum absolute atomic E-state index is 0.0163. The van der Waals surface area contributed by atoms with Crippen LogP contribution in [0, 0.1) is 0 Å². The maximum atomic E-state index is 12.0. The first-order chi connectivity index (χ1) is 8.42. The Bertz CT molecular complexity index is 543. The second-order valence-electron chi connectivity index (χ2n) is 4.19. The summed E-state index contributed by atoms with van der Waals surface area (Å²) < 4.78 is 31.7. The standard InChI is InChI=1S/C10H14ClN3O3S/c1-17-7-2-6(3-7)14-18(15,16)8-4-9(11)10(12)13-5-8/h4-7,14H,2-3H2,1H3,(H2,12,13). The van der Waals surface area contributed by atoms with E-state index in [2.05, 4.69) is 9.71 Å². The van der Waals surface area contributed by atoms with Gasteiger partial charge in [-0.05, 0) is 18.9 Å². The Morgan fingerprint density at radius 2 is 2.22 bits per heavy atom. The highest BCUT2D eigenvalue weighted by Crippen LogP contribution is 2.25. The Hall–Kier alpha value is -0.890. The average Bonchev–Trinajstić information content (AvgIpc) is 2.26. The van der Waals surface area contributed by atoms with E-state index in [1.54, 1.807) is 7.11 Å². The highest BCUT2D eigenvalue weighted by atomic mass is 35.5. The number of rotatable bonds is 4. The van der Waals surface area contributed by atoms with Crippen molar-refractivity contribution in [2.45, 2.75) is 29.9 Å². The van der Waals surface area contributed by atoms with Crippen molar-refractivity contribution in [1.82, 2.24) is 9.71 Å². The van der Waals surface area contributed by atoms with Gasteiger partial charge in [-0.3, -0.25) is 0 Å². The lowest BCUT2D eigenvalue weighted by molar-refractivity contribution is 0.0236. The molecule has 0 bridgehead atoms. The number of nitrogens with zero attached hydrogens (tertiary/aromatic N) is 1. The SMILES string of the molecule is COC1CC(NS(=O)(=O)c2cnc(N)c(Cl)c2)C1. The van der Waals surface area contributed by atoms with Crippen LogP contribution in [0.25, 0.3) is 0 Å². The number of hydrogen-bond donors (Lipinski definition) is 2. The molecular weight excluding hydrogens is 278 g/mol. The third-order valence-corrected chi connectivity index (χ3v) is 4.70. The Morgan fingerprint density at radius 3 is 2.78 bits per heavy atom. The molecule has 0 aromatic carbocycles. The topological polar surface area (TPSA) is 94.3 Å². The molecule has 0 spiro atoms. The number of halogens is 1. The van der Waals surface area contributed by atoms with E-state index in [9.17, 15) is 8.42 Å². The number of aromatic nitrogens is 1. The zero-order chi connectivity index (χ0) is 13.3. The molecule has 3 N–H and O–H groups in total. The summed E-state index contributed by atoms with van der Waals surface area (Å²) in [7, 11) is -1.99. The number of ether oxygens (including phenoxy) is 1. The van der Waals surface area contributed by atoms with Crippen LogP contribution in [0.15, 0.2) is 17.2 Å². The van der Waals surface area contributed by atoms with Crippen LogP contribution < -0.4 is 10.5 Å². The first kappa shape index (κ1) is 13.5. The molecule has 0 saturated heterocycles. The molecule has 0 unspecified atom stereocenters. The largest absolute Gasteiger partial charge is 0.382 e. The first-order valence-corrected chi connectivity index (χ1v) is 7.24. The quantitative estimate of drug-likeness (QED) is 0.854. The minimum Gasteiger partial charge on any atom is -0.382 e. The highest BCUT2D eigenvalue weighted by molar-refractivity contribution is 7.89. The Labute approximate surface area is 111 Å². The van der Waals surface area contributed by atoms with E-state index >= 15 is 0 Å². The monoisotopic (exact) mass is 291 g/mol. The van der Waals surface area contributed by atoms with E-state index in [1.165, 1.54) is 12.3 Å². The lowest BCUT2D eigenvalue weighted by atomic mass is 9.90. The molecule has 100 valence electrons. The van der Waals surface area contributed by atoms with E-state index in [0.29, 0.717) is 12.8 Å². The van der Waals surface area contributed by atoms with Gasteiger partial charge in [0.2, 0.25) is 10.0 Å². The zero-order valence-electron chi connectivity index (χ0n) is 9.76. The molecule has 1 aliphatic carbocycles. The number of methoxy groups -OCH3 is 1. The van der Waals surface area contributed by atoms with E-state index in [4.69, 9.17) is 22.1 Å². The predicted octanol–water partition coefficient (Wildman–Crippen LogP) is 0.773. The Kier molecular flexibility index (Phi) is 3.76. The summed E-state index contributed by atoms with van der Waals surface area (Å²) in [5, 5.41) is 0.126. The average molecular weight is 292 g/mol. The number of pyridine rings is 1. The lowest BCUT2D eigenvalue weighted by Gasteiger charge is -2.34. The van der Waals surface area contributed by atoms with Gasteiger partial charge >= 0.3 is 0 Å². The van der Waals surface area contributed by atoms with Gasteiger partial charge in [-0.25, -0.2) is 18.1 Å². The zero-order valence-corrected chi connectivity index (χ0v) is 11.3. The molecule has 18 heavy (non-hydrogen) atoms. The summed E-state index contributed by atoms with van der Waals surface area (Å²) >= 11 is 5.75. The summed E-state index contributed by atoms with van der Waals surface area (Å²) in [5.74, 6) is 0.110. The molecular formula is C10H14ClN3O3S. The fourth-order valence-corrected chi connectivity index (χ4v) is 3.18. The maximum absolute atomic E-state index is 12.0. The van der Waals surface area contributed by atoms with Gasteiger partial charge < -0.3 is 10.5 Å². The van der Waals surface area contributed by atoms with Gasteiger partial charge in [-0.15, -0.1) is 0 Å². The van der Waals surface area contributed by atoms with Crippen molar-refractivity contribution in [3.63, 3.8) is 0 Å². The smallest absolute Gasteiger partial charge is 0.242 e. The normalized spacial score (nSPS) is 23.7. The number of nitrogens with one attached hydrogen (secondary N) is 1. The van der Waals surface area contributed by atoms with Gasteiger partial charge in [-0.2, -0.15) is 0 Å². The number of hydrogen-bond acceptors (Lipinski definition) is 5. The molecule has 1 heterocycles. The summed E-state index contributed by atoms with van der Waals surface area (Å²) in [6.45, 7) is 0. The van der Waals surface area contributed by atoms with Crippen LogP contribution in [0.3, 0.4) is 0 Å². The Balaban J connectivity index is 2.09. The number of sulfonamides is 1. The highest BCUT2D eigenvalue weighted by Gasteiger charge is 2.32. The third kappa shape index (κ3) is 2.74. The molecule has 1 aromatic rings. The molecule has 0 amide bonds. The van der Waals surface area contributed by atoms with E-state index in [1.807, 2.05) is 0 Å². The van der Waals surface area contributed by atoms with Gasteiger partial charge in [0, 0.05) is 19.3 Å². The maximum Gasteiger partial charge on any atom is 0.242 e. The molecule has 2 rings (SSSR count). The number of nitrogens with two attached hydrogens (primary N) is 1. The molecule has 1 aliphatic rings. The van der Waals surface area contributed by atoms with Crippen LogP contribution in [-0.2, 0) is 14.8 Å².